The molecule has 0 radical (unpaired) electrons. The monoisotopic (exact) mass is 675 g/mol. The summed E-state index contributed by atoms with van der Waals surface area (Å²) in [4.78, 5) is 66.0. The lowest BCUT2D eigenvalue weighted by Gasteiger charge is -2.65. The number of rotatable bonds is 10. The van der Waals surface area contributed by atoms with Gasteiger partial charge in [0.05, 0.1) is 55.6 Å². The van der Waals surface area contributed by atoms with E-state index >= 15 is 0 Å². The zero-order valence-electron chi connectivity index (χ0n) is 27.7. The first-order valence-electron chi connectivity index (χ1n) is 16.0. The number of alkyl carbamates (subject to hydrolysis) is 1. The Morgan fingerprint density at radius 2 is 1.24 bits per heavy atom. The number of pyridine rings is 4. The van der Waals surface area contributed by atoms with Crippen LogP contribution in [0.15, 0.2) is 97.6 Å². The number of terminal acetylenes is 1. The van der Waals surface area contributed by atoms with E-state index in [0.717, 1.165) is 0 Å². The summed E-state index contributed by atoms with van der Waals surface area (Å²) in [7, 11) is 2.54. The Kier molecular flexibility index (Phi) is 10.1. The molecule has 1 N–H and O–H groups in total. The van der Waals surface area contributed by atoms with Gasteiger partial charge in [-0.15, -0.1) is 6.42 Å². The normalized spacial score (nSPS) is 24.7. The van der Waals surface area contributed by atoms with Crippen molar-refractivity contribution in [1.29, 1.82) is 0 Å². The van der Waals surface area contributed by atoms with E-state index in [-0.39, 0.29) is 32.7 Å². The number of likely N-dealkylation sites (tertiary alicyclic amines) is 2. The van der Waals surface area contributed by atoms with E-state index in [1.165, 1.54) is 14.2 Å². The van der Waals surface area contributed by atoms with Crippen molar-refractivity contribution in [3.05, 3.63) is 120 Å². The number of methoxy groups -OCH3 is 2. The van der Waals surface area contributed by atoms with Crippen LogP contribution >= 0.6 is 0 Å². The summed E-state index contributed by atoms with van der Waals surface area (Å²) in [5.41, 5.74) is -1.25. The van der Waals surface area contributed by atoms with Gasteiger partial charge in [-0.1, -0.05) is 30.2 Å². The molecule has 2 fully saturated rings. The van der Waals surface area contributed by atoms with Gasteiger partial charge in [-0.2, -0.15) is 0 Å². The highest BCUT2D eigenvalue weighted by molar-refractivity contribution is 5.87. The van der Waals surface area contributed by atoms with Crippen LogP contribution in [0.25, 0.3) is 0 Å². The number of hydrogen-bond acceptors (Lipinski definition) is 12. The second kappa shape index (κ2) is 14.8. The summed E-state index contributed by atoms with van der Waals surface area (Å²) in [5, 5.41) is 2.55. The highest BCUT2D eigenvalue weighted by Crippen LogP contribution is 2.64. The van der Waals surface area contributed by atoms with Crippen LogP contribution in [0.2, 0.25) is 0 Å². The lowest BCUT2D eigenvalue weighted by atomic mass is 9.53. The topological polar surface area (TPSA) is 149 Å². The zero-order chi connectivity index (χ0) is 35.1. The van der Waals surface area contributed by atoms with Gasteiger partial charge in [0, 0.05) is 51.0 Å². The maximum atomic E-state index is 14.8. The maximum absolute atomic E-state index is 14.8. The number of carbonyl (C=O) groups excluding carboxylic acids is 3. The van der Waals surface area contributed by atoms with E-state index in [1.807, 2.05) is 52.3 Å². The summed E-state index contributed by atoms with van der Waals surface area (Å²) < 4.78 is 17.6. The molecule has 50 heavy (non-hydrogen) atoms. The van der Waals surface area contributed by atoms with Gasteiger partial charge in [0.25, 0.3) is 0 Å². The predicted molar refractivity (Wildman–Crippen MR) is 179 cm³/mol. The minimum Gasteiger partial charge on any atom is -0.468 e. The number of esters is 2. The number of amides is 1. The van der Waals surface area contributed by atoms with Gasteiger partial charge in [0.15, 0.2) is 0 Å². The molecular weight excluding hydrogens is 638 g/mol. The minimum atomic E-state index is -1.78. The molecule has 4 aromatic heterocycles. The molecule has 2 aliphatic rings. The predicted octanol–water partition coefficient (Wildman–Crippen LogP) is 3.13. The third-order valence-corrected chi connectivity index (χ3v) is 9.35. The fraction of sp³-hybridized carbons (Fsp3) is 0.324. The largest absolute Gasteiger partial charge is 0.468 e. The standard InChI is InChI=1S/C37H37N7O6/c1-4-17-42-35(47)50-32-36(33(45)48-2)24-43(22-26-13-5-9-18-38-26)25-37(32,34(46)49-3)31(29-16-8-12-21-41-29)44(23-27-14-6-10-19-39-27)30(36)28-15-7-11-20-40-28/h1,5-16,18-21,30-32H,17,22-25H2,2-3H3,(H,42,47). The average molecular weight is 676 g/mol. The van der Waals surface area contributed by atoms with Gasteiger partial charge in [-0.3, -0.25) is 39.3 Å². The van der Waals surface area contributed by atoms with Gasteiger partial charge in [0.1, 0.15) is 16.9 Å². The molecule has 4 aromatic rings. The van der Waals surface area contributed by atoms with E-state index in [0.29, 0.717) is 22.8 Å². The van der Waals surface area contributed by atoms with Crippen molar-refractivity contribution in [2.75, 3.05) is 33.9 Å². The van der Waals surface area contributed by atoms with Crippen molar-refractivity contribution in [2.24, 2.45) is 10.8 Å². The summed E-state index contributed by atoms with van der Waals surface area (Å²) in [6.45, 7) is 0.219. The number of ether oxygens (including phenoxy) is 3. The summed E-state index contributed by atoms with van der Waals surface area (Å²) >= 11 is 0. The fourth-order valence-corrected chi connectivity index (χ4v) is 7.69. The van der Waals surface area contributed by atoms with Crippen LogP contribution in [0.1, 0.15) is 34.9 Å². The minimum absolute atomic E-state index is 0.0169. The van der Waals surface area contributed by atoms with Crippen LogP contribution < -0.4 is 5.32 Å². The van der Waals surface area contributed by atoms with Crippen LogP contribution in [-0.2, 0) is 36.9 Å². The number of hydrogen-bond donors (Lipinski definition) is 1. The van der Waals surface area contributed by atoms with Crippen molar-refractivity contribution in [2.45, 2.75) is 31.3 Å². The first-order valence-corrected chi connectivity index (χ1v) is 16.0. The van der Waals surface area contributed by atoms with Gasteiger partial charge in [-0.05, 0) is 48.5 Å². The van der Waals surface area contributed by atoms with Crippen LogP contribution in [0.3, 0.4) is 0 Å². The second-order valence-corrected chi connectivity index (χ2v) is 12.2. The summed E-state index contributed by atoms with van der Waals surface area (Å²) in [6, 6.07) is 19.9. The summed E-state index contributed by atoms with van der Waals surface area (Å²) in [5.74, 6) is 0.935. The maximum Gasteiger partial charge on any atom is 0.408 e. The van der Waals surface area contributed by atoms with Crippen LogP contribution in [0.4, 0.5) is 4.79 Å². The fourth-order valence-electron chi connectivity index (χ4n) is 7.69. The smallest absolute Gasteiger partial charge is 0.408 e. The molecular formula is C37H37N7O6. The molecule has 6 heterocycles. The number of piperidine rings is 2. The third kappa shape index (κ3) is 6.15. The van der Waals surface area contributed by atoms with Crippen molar-refractivity contribution in [3.63, 3.8) is 0 Å². The molecule has 2 saturated heterocycles. The molecule has 13 heteroatoms. The SMILES string of the molecule is C#CCNC(=O)OC1C2(C(=O)OC)CN(Cc3ccccn3)CC1(C(=O)OC)C(c1ccccn1)N(Cc1ccccn1)C2c1ccccn1. The van der Waals surface area contributed by atoms with Crippen molar-refractivity contribution < 1.29 is 28.6 Å². The number of fused-ring (bicyclic) bond motifs is 2. The molecule has 13 nitrogen and oxygen atoms in total. The highest BCUT2D eigenvalue weighted by atomic mass is 16.6. The molecule has 4 atom stereocenters. The number of nitrogens with zero attached hydrogens (tertiary/aromatic N) is 6. The first-order chi connectivity index (χ1) is 24.4. The quantitative estimate of drug-likeness (QED) is 0.150. The number of aromatic nitrogens is 4. The van der Waals surface area contributed by atoms with E-state index < -0.39 is 47.0 Å². The van der Waals surface area contributed by atoms with E-state index in [9.17, 15) is 14.4 Å². The van der Waals surface area contributed by atoms with Crippen LogP contribution in [-0.4, -0.2) is 87.7 Å². The van der Waals surface area contributed by atoms with Gasteiger partial charge in [-0.25, -0.2) is 4.79 Å². The van der Waals surface area contributed by atoms with E-state index in [2.05, 4.69) is 21.2 Å². The lowest BCUT2D eigenvalue weighted by Crippen LogP contribution is -2.78. The molecule has 2 bridgehead atoms. The molecule has 2 aliphatic heterocycles. The van der Waals surface area contributed by atoms with E-state index in [1.54, 1.807) is 55.1 Å². The molecule has 0 aromatic carbocycles. The molecule has 6 rings (SSSR count). The van der Waals surface area contributed by atoms with Gasteiger partial charge in [0.2, 0.25) is 0 Å². The molecule has 0 aliphatic carbocycles. The third-order valence-electron chi connectivity index (χ3n) is 9.35. The van der Waals surface area contributed by atoms with Gasteiger partial charge < -0.3 is 19.5 Å². The Bertz CT molecular complexity index is 1750. The Morgan fingerprint density at radius 1 is 0.760 bits per heavy atom. The lowest BCUT2D eigenvalue weighted by molar-refractivity contribution is -0.254. The number of carbonyl (C=O) groups is 3. The van der Waals surface area contributed by atoms with Crippen LogP contribution in [0.5, 0.6) is 0 Å². The van der Waals surface area contributed by atoms with Gasteiger partial charge >= 0.3 is 18.0 Å². The molecule has 1 amide bonds. The Hall–Kier alpha value is -5.71. The van der Waals surface area contributed by atoms with E-state index in [4.69, 9.17) is 30.6 Å². The van der Waals surface area contributed by atoms with Crippen molar-refractivity contribution in [3.8, 4) is 12.3 Å². The molecule has 0 saturated carbocycles. The van der Waals surface area contributed by atoms with Crippen molar-refractivity contribution >= 4 is 18.0 Å². The van der Waals surface area contributed by atoms with Crippen molar-refractivity contribution in [1.82, 2.24) is 35.1 Å². The van der Waals surface area contributed by atoms with Crippen LogP contribution in [0, 0.1) is 23.2 Å². The number of nitrogens with one attached hydrogen (secondary N) is 1. The molecule has 4 unspecified atom stereocenters. The first kappa shape index (κ1) is 34.2. The average Bonchev–Trinajstić information content (AvgIpc) is 3.15. The Balaban J connectivity index is 1.71. The summed E-state index contributed by atoms with van der Waals surface area (Å²) in [6.07, 6.45) is 9.69. The second-order valence-electron chi connectivity index (χ2n) is 12.2. The Labute approximate surface area is 290 Å². The molecule has 0 spiro atoms. The zero-order valence-corrected chi connectivity index (χ0v) is 27.7. The molecule has 256 valence electrons. The highest BCUT2D eigenvalue weighted by Gasteiger charge is 2.77. The Morgan fingerprint density at radius 3 is 1.66 bits per heavy atom.